The smallest absolute Gasteiger partial charge is 0.195 e. The summed E-state index contributed by atoms with van der Waals surface area (Å²) in [6.45, 7) is 7.14. The first-order valence-corrected chi connectivity index (χ1v) is 7.60. The van der Waals surface area contributed by atoms with Crippen molar-refractivity contribution in [3.05, 3.63) is 35.1 Å². The molecule has 1 aromatic carbocycles. The van der Waals surface area contributed by atoms with E-state index >= 15 is 0 Å². The van der Waals surface area contributed by atoms with Crippen molar-refractivity contribution in [2.45, 2.75) is 42.9 Å². The van der Waals surface area contributed by atoms with Gasteiger partial charge in [-0.25, -0.2) is 0 Å². The molecule has 0 aliphatic carbocycles. The van der Waals surface area contributed by atoms with Gasteiger partial charge in [-0.15, -0.1) is 10.2 Å². The zero-order valence-corrected chi connectivity index (χ0v) is 13.7. The first-order chi connectivity index (χ1) is 9.37. The van der Waals surface area contributed by atoms with Crippen LogP contribution in [0.15, 0.2) is 34.6 Å². The van der Waals surface area contributed by atoms with E-state index in [9.17, 15) is 0 Å². The number of hydrogen-bond acceptors (Lipinski definition) is 4. The Hall–Kier alpha value is -1.04. The van der Waals surface area contributed by atoms with Crippen molar-refractivity contribution >= 4 is 23.4 Å². The number of aryl methyl sites for hydroxylation is 1. The average Bonchev–Trinajstić information content (AvgIpc) is 2.73. The molecule has 0 fully saturated rings. The number of nitrogens with zero attached hydrogens (tertiary/aromatic N) is 3. The summed E-state index contributed by atoms with van der Waals surface area (Å²) in [5.41, 5.74) is 1.14. The quantitative estimate of drug-likeness (QED) is 0.938. The third-order valence-corrected chi connectivity index (χ3v) is 4.25. The highest BCUT2D eigenvalue weighted by molar-refractivity contribution is 7.99. The molecule has 20 heavy (non-hydrogen) atoms. The van der Waals surface area contributed by atoms with Crippen molar-refractivity contribution in [3.8, 4) is 0 Å². The molecule has 0 spiro atoms. The summed E-state index contributed by atoms with van der Waals surface area (Å²) in [6.07, 6.45) is 1.69. The molecule has 0 unspecified atom stereocenters. The lowest BCUT2D eigenvalue weighted by atomic mass is 10.1. The van der Waals surface area contributed by atoms with Gasteiger partial charge in [0.1, 0.15) is 6.33 Å². The maximum Gasteiger partial charge on any atom is 0.195 e. The van der Waals surface area contributed by atoms with Crippen molar-refractivity contribution in [2.75, 3.05) is 0 Å². The first kappa shape index (κ1) is 15.4. The molecule has 0 atom stereocenters. The van der Waals surface area contributed by atoms with Crippen LogP contribution in [0.2, 0.25) is 5.02 Å². The summed E-state index contributed by atoms with van der Waals surface area (Å²) in [6, 6.07) is 5.94. The van der Waals surface area contributed by atoms with Gasteiger partial charge in [-0.2, -0.15) is 0 Å². The Balaban J connectivity index is 2.24. The van der Waals surface area contributed by atoms with E-state index in [1.54, 1.807) is 18.1 Å². The molecule has 0 radical (unpaired) electrons. The van der Waals surface area contributed by atoms with Gasteiger partial charge in [-0.3, -0.25) is 0 Å². The van der Waals surface area contributed by atoms with Crippen LogP contribution in [0.1, 0.15) is 26.3 Å². The zero-order chi connectivity index (χ0) is 14.8. The molecule has 2 rings (SSSR count). The fourth-order valence-electron chi connectivity index (χ4n) is 1.62. The van der Waals surface area contributed by atoms with Gasteiger partial charge in [0, 0.05) is 29.0 Å². The molecule has 0 aliphatic rings. The minimum absolute atomic E-state index is 0.0475. The van der Waals surface area contributed by atoms with Crippen molar-refractivity contribution in [1.82, 2.24) is 20.1 Å². The van der Waals surface area contributed by atoms with Gasteiger partial charge in [-0.05, 0) is 50.2 Å². The maximum atomic E-state index is 6.34. The van der Waals surface area contributed by atoms with Crippen LogP contribution in [0, 0.1) is 0 Å². The molecule has 1 heterocycles. The fraction of sp³-hybridized carbons (Fsp3) is 0.429. The third-order valence-electron chi connectivity index (χ3n) is 2.74. The zero-order valence-electron chi connectivity index (χ0n) is 12.1. The topological polar surface area (TPSA) is 42.7 Å². The van der Waals surface area contributed by atoms with Crippen LogP contribution < -0.4 is 5.32 Å². The normalized spacial score (nSPS) is 11.8. The van der Waals surface area contributed by atoms with Crippen molar-refractivity contribution < 1.29 is 0 Å². The predicted molar refractivity (Wildman–Crippen MR) is 83.2 cm³/mol. The summed E-state index contributed by atoms with van der Waals surface area (Å²) in [7, 11) is 1.93. The Morgan fingerprint density at radius 2 is 2.10 bits per heavy atom. The average molecular weight is 311 g/mol. The van der Waals surface area contributed by atoms with Crippen LogP contribution in [-0.2, 0) is 13.6 Å². The van der Waals surface area contributed by atoms with E-state index in [0.29, 0.717) is 0 Å². The number of nitrogens with one attached hydrogen (secondary N) is 1. The number of aromatic nitrogens is 3. The first-order valence-electron chi connectivity index (χ1n) is 6.41. The van der Waals surface area contributed by atoms with E-state index in [1.807, 2.05) is 23.7 Å². The molecule has 0 saturated carbocycles. The second kappa shape index (κ2) is 6.16. The Labute approximate surface area is 128 Å². The lowest BCUT2D eigenvalue weighted by molar-refractivity contribution is 0.422. The molecule has 1 N–H and O–H groups in total. The van der Waals surface area contributed by atoms with Gasteiger partial charge in [0.2, 0.25) is 0 Å². The summed E-state index contributed by atoms with van der Waals surface area (Å²) in [4.78, 5) is 1.10. The summed E-state index contributed by atoms with van der Waals surface area (Å²) in [5, 5.41) is 13.1. The van der Waals surface area contributed by atoms with Gasteiger partial charge in [0.25, 0.3) is 0 Å². The number of benzene rings is 1. The molecule has 1 aromatic heterocycles. The van der Waals surface area contributed by atoms with E-state index in [2.05, 4.69) is 42.4 Å². The molecule has 4 nitrogen and oxygen atoms in total. The van der Waals surface area contributed by atoms with Crippen LogP contribution in [0.5, 0.6) is 0 Å². The Kier molecular flexibility index (Phi) is 4.73. The Bertz CT molecular complexity index is 589. The maximum absolute atomic E-state index is 6.34. The Morgan fingerprint density at radius 1 is 1.35 bits per heavy atom. The van der Waals surface area contributed by atoms with Crippen LogP contribution >= 0.6 is 23.4 Å². The van der Waals surface area contributed by atoms with Gasteiger partial charge in [-0.1, -0.05) is 17.7 Å². The van der Waals surface area contributed by atoms with Gasteiger partial charge >= 0.3 is 0 Å². The fourth-order valence-corrected chi connectivity index (χ4v) is 2.85. The number of hydrogen-bond donors (Lipinski definition) is 1. The SMILES string of the molecule is Cn1cnnc1Sc1cccc(Cl)c1CNC(C)(C)C. The lowest BCUT2D eigenvalue weighted by Gasteiger charge is -2.22. The summed E-state index contributed by atoms with van der Waals surface area (Å²) >= 11 is 7.92. The largest absolute Gasteiger partial charge is 0.311 e. The van der Waals surface area contributed by atoms with E-state index in [4.69, 9.17) is 11.6 Å². The number of halogens is 1. The van der Waals surface area contributed by atoms with Crippen LogP contribution in [0.25, 0.3) is 0 Å². The molecule has 108 valence electrons. The van der Waals surface area contributed by atoms with Crippen LogP contribution in [0.4, 0.5) is 0 Å². The monoisotopic (exact) mass is 310 g/mol. The van der Waals surface area contributed by atoms with Gasteiger partial charge in [0.15, 0.2) is 5.16 Å². The van der Waals surface area contributed by atoms with E-state index in [1.165, 1.54) is 0 Å². The van der Waals surface area contributed by atoms with E-state index in [-0.39, 0.29) is 5.54 Å². The van der Waals surface area contributed by atoms with Crippen molar-refractivity contribution in [1.29, 1.82) is 0 Å². The molecule has 2 aromatic rings. The third kappa shape index (κ3) is 3.98. The molecular formula is C14H19ClN4S. The Morgan fingerprint density at radius 3 is 2.70 bits per heavy atom. The van der Waals surface area contributed by atoms with Crippen LogP contribution in [0.3, 0.4) is 0 Å². The molecule has 0 bridgehead atoms. The highest BCUT2D eigenvalue weighted by atomic mass is 35.5. The number of rotatable bonds is 4. The van der Waals surface area contributed by atoms with E-state index in [0.717, 1.165) is 27.2 Å². The summed E-state index contributed by atoms with van der Waals surface area (Å²) in [5.74, 6) is 0. The highest BCUT2D eigenvalue weighted by Crippen LogP contribution is 2.32. The molecule has 6 heteroatoms. The molecular weight excluding hydrogens is 292 g/mol. The van der Waals surface area contributed by atoms with Crippen molar-refractivity contribution in [2.24, 2.45) is 7.05 Å². The second-order valence-corrected chi connectivity index (χ2v) is 7.06. The molecule has 0 aliphatic heterocycles. The second-order valence-electron chi connectivity index (χ2n) is 5.65. The molecule has 0 saturated heterocycles. The van der Waals surface area contributed by atoms with Gasteiger partial charge < -0.3 is 9.88 Å². The lowest BCUT2D eigenvalue weighted by Crippen LogP contribution is -2.35. The standard InChI is InChI=1S/C14H19ClN4S/c1-14(2,3)16-8-10-11(15)6-5-7-12(10)20-13-18-17-9-19(13)4/h5-7,9,16H,8H2,1-4H3. The minimum Gasteiger partial charge on any atom is -0.311 e. The van der Waals surface area contributed by atoms with Gasteiger partial charge in [0.05, 0.1) is 0 Å². The molecule has 0 amide bonds. The minimum atomic E-state index is 0.0475. The summed E-state index contributed by atoms with van der Waals surface area (Å²) < 4.78 is 1.90. The predicted octanol–water partition coefficient (Wildman–Crippen LogP) is 3.51. The van der Waals surface area contributed by atoms with E-state index < -0.39 is 0 Å². The highest BCUT2D eigenvalue weighted by Gasteiger charge is 2.14. The van der Waals surface area contributed by atoms with Crippen LogP contribution in [-0.4, -0.2) is 20.3 Å². The van der Waals surface area contributed by atoms with Crippen molar-refractivity contribution in [3.63, 3.8) is 0 Å².